The van der Waals surface area contributed by atoms with Crippen molar-refractivity contribution in [2.24, 2.45) is 0 Å². The Bertz CT molecular complexity index is 928. The maximum Gasteiger partial charge on any atom is 0.416 e. The van der Waals surface area contributed by atoms with E-state index < -0.39 is 11.7 Å². The van der Waals surface area contributed by atoms with Crippen LogP contribution in [0.25, 0.3) is 0 Å². The maximum atomic E-state index is 12.9. The number of amides is 2. The first-order valence-corrected chi connectivity index (χ1v) is 9.99. The number of carbonyl (C=O) groups is 2. The third kappa shape index (κ3) is 4.70. The second-order valence-electron chi connectivity index (χ2n) is 7.60. The minimum absolute atomic E-state index is 0.0134. The van der Waals surface area contributed by atoms with E-state index in [1.165, 1.54) is 12.1 Å². The minimum atomic E-state index is -4.44. The Kier molecular flexibility index (Phi) is 5.92. The predicted octanol–water partition coefficient (Wildman–Crippen LogP) is 1.99. The van der Waals surface area contributed by atoms with Crippen LogP contribution >= 0.6 is 0 Å². The molecule has 4 rings (SSSR count). The largest absolute Gasteiger partial charge is 0.416 e. The zero-order chi connectivity index (χ0) is 22.0. The molecule has 2 aliphatic heterocycles. The predicted molar refractivity (Wildman–Crippen MR) is 106 cm³/mol. The van der Waals surface area contributed by atoms with E-state index in [9.17, 15) is 22.8 Å². The summed E-state index contributed by atoms with van der Waals surface area (Å²) in [5.74, 6) is -0.370. The molecule has 2 atom stereocenters. The van der Waals surface area contributed by atoms with Crippen LogP contribution in [0.1, 0.15) is 33.9 Å². The molecule has 2 saturated heterocycles. The number of piperazine rings is 1. The number of hydrogen-bond donors (Lipinski definition) is 2. The van der Waals surface area contributed by atoms with E-state index in [4.69, 9.17) is 0 Å². The van der Waals surface area contributed by atoms with E-state index in [1.54, 1.807) is 22.2 Å². The number of hydrogen-bond acceptors (Lipinski definition) is 5. The molecule has 164 valence electrons. The van der Waals surface area contributed by atoms with Gasteiger partial charge in [-0.15, -0.1) is 0 Å². The van der Waals surface area contributed by atoms with Gasteiger partial charge in [0.05, 0.1) is 5.56 Å². The van der Waals surface area contributed by atoms with Gasteiger partial charge in [-0.05, 0) is 48.4 Å². The molecule has 2 unspecified atom stereocenters. The van der Waals surface area contributed by atoms with Crippen LogP contribution in [-0.4, -0.2) is 58.8 Å². The summed E-state index contributed by atoms with van der Waals surface area (Å²) in [6.45, 7) is 1.42. The number of halogens is 3. The van der Waals surface area contributed by atoms with E-state index in [1.807, 2.05) is 12.1 Å². The van der Waals surface area contributed by atoms with Crippen LogP contribution < -0.4 is 10.9 Å². The number of pyridine rings is 1. The van der Waals surface area contributed by atoms with Gasteiger partial charge in [-0.25, -0.2) is 10.9 Å². The van der Waals surface area contributed by atoms with Crippen molar-refractivity contribution in [3.8, 4) is 0 Å². The fraction of sp³-hybridized carbons (Fsp3) is 0.381. The van der Waals surface area contributed by atoms with Crippen molar-refractivity contribution in [2.75, 3.05) is 26.2 Å². The zero-order valence-corrected chi connectivity index (χ0v) is 16.6. The smallest absolute Gasteiger partial charge is 0.338 e. The van der Waals surface area contributed by atoms with E-state index in [0.29, 0.717) is 32.6 Å². The van der Waals surface area contributed by atoms with Crippen LogP contribution in [-0.2, 0) is 11.0 Å². The van der Waals surface area contributed by atoms with Gasteiger partial charge < -0.3 is 9.80 Å². The van der Waals surface area contributed by atoms with Crippen LogP contribution in [0.15, 0.2) is 48.8 Å². The molecule has 0 radical (unpaired) electrons. The molecule has 1 aromatic heterocycles. The van der Waals surface area contributed by atoms with Crippen LogP contribution in [0.2, 0.25) is 0 Å². The van der Waals surface area contributed by atoms with Crippen LogP contribution in [0, 0.1) is 0 Å². The first-order chi connectivity index (χ1) is 14.8. The molecular weight excluding hydrogens is 411 g/mol. The standard InChI is InChI=1S/C21H22F3N5O2/c22-21(23,24)16-3-1-15(2-4-16)19(30)28-9-11-29(12-10-28)20(31)18-13-17(26-27-18)14-5-7-25-8-6-14/h1-8,17-18,26-27H,9-13H2. The molecule has 0 aliphatic carbocycles. The Balaban J connectivity index is 1.30. The topological polar surface area (TPSA) is 77.6 Å². The molecule has 3 heterocycles. The average molecular weight is 433 g/mol. The van der Waals surface area contributed by atoms with Gasteiger partial charge in [-0.1, -0.05) is 0 Å². The van der Waals surface area contributed by atoms with Crippen molar-refractivity contribution in [3.63, 3.8) is 0 Å². The van der Waals surface area contributed by atoms with Crippen LogP contribution in [0.5, 0.6) is 0 Å². The Morgan fingerprint density at radius 1 is 0.903 bits per heavy atom. The summed E-state index contributed by atoms with van der Waals surface area (Å²) in [6.07, 6.45) is -0.418. The molecular formula is C21H22F3N5O2. The summed E-state index contributed by atoms with van der Waals surface area (Å²) in [5, 5.41) is 0. The van der Waals surface area contributed by atoms with Gasteiger partial charge in [0.2, 0.25) is 5.91 Å². The third-order valence-electron chi connectivity index (χ3n) is 5.65. The highest BCUT2D eigenvalue weighted by Crippen LogP contribution is 2.29. The number of alkyl halides is 3. The van der Waals surface area contributed by atoms with Crippen LogP contribution in [0.3, 0.4) is 0 Å². The van der Waals surface area contributed by atoms with Crippen molar-refractivity contribution >= 4 is 11.8 Å². The van der Waals surface area contributed by atoms with Crippen molar-refractivity contribution in [1.29, 1.82) is 0 Å². The van der Waals surface area contributed by atoms with Crippen molar-refractivity contribution < 1.29 is 22.8 Å². The normalized spacial score (nSPS) is 21.9. The number of rotatable bonds is 3. The Labute approximate surface area is 177 Å². The second kappa shape index (κ2) is 8.64. The molecule has 0 saturated carbocycles. The first-order valence-electron chi connectivity index (χ1n) is 9.99. The molecule has 7 nitrogen and oxygen atoms in total. The second-order valence-corrected chi connectivity index (χ2v) is 7.60. The molecule has 31 heavy (non-hydrogen) atoms. The van der Waals surface area contributed by atoms with Gasteiger partial charge in [0.15, 0.2) is 0 Å². The molecule has 2 amide bonds. The number of benzene rings is 1. The molecule has 2 aliphatic rings. The van der Waals surface area contributed by atoms with Gasteiger partial charge in [-0.3, -0.25) is 14.6 Å². The van der Waals surface area contributed by atoms with Gasteiger partial charge in [0.25, 0.3) is 5.91 Å². The lowest BCUT2D eigenvalue weighted by molar-refractivity contribution is -0.137. The molecule has 0 spiro atoms. The van der Waals surface area contributed by atoms with Gasteiger partial charge >= 0.3 is 6.18 Å². The van der Waals surface area contributed by atoms with Gasteiger partial charge in [0.1, 0.15) is 6.04 Å². The highest BCUT2D eigenvalue weighted by atomic mass is 19.4. The summed E-state index contributed by atoms with van der Waals surface area (Å²) in [7, 11) is 0. The summed E-state index contributed by atoms with van der Waals surface area (Å²) in [6, 6.07) is 7.65. The van der Waals surface area contributed by atoms with Crippen LogP contribution in [0.4, 0.5) is 13.2 Å². The fourth-order valence-corrected chi connectivity index (χ4v) is 3.87. The SMILES string of the molecule is O=C(c1ccc(C(F)(F)F)cc1)N1CCN(C(=O)C2CC(c3ccncc3)NN2)CC1. The average Bonchev–Trinajstić information content (AvgIpc) is 3.29. The number of hydrazine groups is 1. The Morgan fingerprint density at radius 2 is 1.52 bits per heavy atom. The van der Waals surface area contributed by atoms with E-state index in [2.05, 4.69) is 15.8 Å². The number of aromatic nitrogens is 1. The van der Waals surface area contributed by atoms with E-state index >= 15 is 0 Å². The number of carbonyl (C=O) groups excluding carboxylic acids is 2. The highest BCUT2D eigenvalue weighted by Gasteiger charge is 2.35. The summed E-state index contributed by atoms with van der Waals surface area (Å²) in [5.41, 5.74) is 6.64. The maximum absolute atomic E-state index is 12.9. The molecule has 1 aromatic carbocycles. The molecule has 2 aromatic rings. The molecule has 10 heteroatoms. The summed E-state index contributed by atoms with van der Waals surface area (Å²) < 4.78 is 38.1. The lowest BCUT2D eigenvalue weighted by Gasteiger charge is -2.36. The summed E-state index contributed by atoms with van der Waals surface area (Å²) >= 11 is 0. The van der Waals surface area contributed by atoms with E-state index in [0.717, 1.165) is 17.7 Å². The molecule has 2 N–H and O–H groups in total. The van der Waals surface area contributed by atoms with Crippen molar-refractivity contribution in [2.45, 2.75) is 24.7 Å². The monoisotopic (exact) mass is 433 g/mol. The van der Waals surface area contributed by atoms with Gasteiger partial charge in [0, 0.05) is 50.2 Å². The number of nitrogens with zero attached hydrogens (tertiary/aromatic N) is 3. The molecule has 0 bridgehead atoms. The lowest BCUT2D eigenvalue weighted by atomic mass is 10.0. The highest BCUT2D eigenvalue weighted by molar-refractivity contribution is 5.94. The Morgan fingerprint density at radius 3 is 2.13 bits per heavy atom. The summed E-state index contributed by atoms with van der Waals surface area (Å²) in [4.78, 5) is 32.7. The van der Waals surface area contributed by atoms with Crippen molar-refractivity contribution in [3.05, 3.63) is 65.5 Å². The quantitative estimate of drug-likeness (QED) is 0.774. The van der Waals surface area contributed by atoms with Gasteiger partial charge in [-0.2, -0.15) is 13.2 Å². The lowest BCUT2D eigenvalue weighted by Crippen LogP contribution is -2.54. The third-order valence-corrected chi connectivity index (χ3v) is 5.65. The zero-order valence-electron chi connectivity index (χ0n) is 16.6. The van der Waals surface area contributed by atoms with E-state index in [-0.39, 0.29) is 29.5 Å². The first kappa shape index (κ1) is 21.3. The fourth-order valence-electron chi connectivity index (χ4n) is 3.87. The Hall–Kier alpha value is -2.98. The van der Waals surface area contributed by atoms with Crippen molar-refractivity contribution in [1.82, 2.24) is 25.6 Å². The number of nitrogens with one attached hydrogen (secondary N) is 2. The molecule has 2 fully saturated rings. The minimum Gasteiger partial charge on any atom is -0.338 e.